The number of aromatic nitrogens is 7. The van der Waals surface area contributed by atoms with Gasteiger partial charge in [0.25, 0.3) is 5.91 Å². The van der Waals surface area contributed by atoms with E-state index in [9.17, 15) is 13.8 Å². The van der Waals surface area contributed by atoms with E-state index >= 15 is 13.6 Å². The number of nitrogens with zero attached hydrogens (tertiary/aromatic N) is 8. The third-order valence-corrected chi connectivity index (χ3v) is 18.3. The molecule has 15 nitrogen and oxygen atoms in total. The van der Waals surface area contributed by atoms with Gasteiger partial charge in [0.05, 0.1) is 48.4 Å². The lowest BCUT2D eigenvalue weighted by molar-refractivity contribution is -0.0592. The molecule has 3 aromatic carbocycles. The summed E-state index contributed by atoms with van der Waals surface area (Å²) in [7, 11) is -1.54. The maximum atomic E-state index is 16.4. The van der Waals surface area contributed by atoms with E-state index in [0.29, 0.717) is 71.9 Å². The number of carbonyl (C=O) groups excluding carboxylic acids is 1. The minimum atomic E-state index is -2.98. The van der Waals surface area contributed by atoms with Crippen LogP contribution in [0.15, 0.2) is 84.3 Å². The molecule has 4 aliphatic rings. The monoisotopic (exact) mass is 979 g/mol. The second kappa shape index (κ2) is 16.0. The van der Waals surface area contributed by atoms with Gasteiger partial charge in [-0.05, 0) is 138 Å². The number of H-pyrrole nitrogens is 1. The van der Waals surface area contributed by atoms with Crippen LogP contribution in [0.25, 0.3) is 28.1 Å². The maximum Gasteiger partial charge on any atom is 0.438 e. The number of ether oxygens (including phenoxy) is 1. The first-order valence-electron chi connectivity index (χ1n) is 23.4. The first-order valence-corrected chi connectivity index (χ1v) is 25.3. The Hall–Kier alpha value is -6.11. The van der Waals surface area contributed by atoms with Crippen molar-refractivity contribution in [1.82, 2.24) is 38.5 Å². The molecule has 1 saturated heterocycles. The molecule has 0 radical (unpaired) electrons. The van der Waals surface area contributed by atoms with Crippen molar-refractivity contribution >= 4 is 38.1 Å². The van der Waals surface area contributed by atoms with Crippen LogP contribution >= 0.6 is 11.6 Å². The third-order valence-electron chi connectivity index (χ3n) is 15.0. The normalized spacial score (nSPS) is 23.0. The average Bonchev–Trinajstić information content (AvgIpc) is 4.05. The van der Waals surface area contributed by atoms with E-state index in [2.05, 4.69) is 40.5 Å². The molecule has 0 unspecified atom stereocenters. The molecule has 1 N–H and O–H groups in total. The minimum Gasteiger partial charge on any atom is -0.376 e. The Balaban J connectivity index is 1.05. The largest absolute Gasteiger partial charge is 0.438 e. The number of hydrogen-bond acceptors (Lipinski definition) is 9. The molecular formula is C50H52ClF2N9O6S. The van der Waals surface area contributed by atoms with Crippen molar-refractivity contribution in [2.45, 2.75) is 113 Å². The Bertz CT molecular complexity index is 3530. The molecule has 4 aromatic heterocycles. The van der Waals surface area contributed by atoms with E-state index in [1.54, 1.807) is 35.6 Å². The molecule has 11 rings (SSSR count). The Morgan fingerprint density at radius 2 is 1.70 bits per heavy atom. The molecule has 7 aromatic rings. The molecule has 69 heavy (non-hydrogen) atoms. The van der Waals surface area contributed by atoms with Gasteiger partial charge in [-0.15, -0.1) is 0 Å². The highest BCUT2D eigenvalue weighted by Crippen LogP contribution is 2.56. The zero-order chi connectivity index (χ0) is 48.6. The quantitative estimate of drug-likeness (QED) is 0.150. The van der Waals surface area contributed by atoms with Gasteiger partial charge >= 0.3 is 11.4 Å². The second-order valence-corrected chi connectivity index (χ2v) is 22.8. The number of benzene rings is 3. The summed E-state index contributed by atoms with van der Waals surface area (Å²) in [5.74, 6) is -1.44. The fourth-order valence-corrected chi connectivity index (χ4v) is 13.9. The number of amides is 1. The highest BCUT2D eigenvalue weighted by atomic mass is 35.5. The van der Waals surface area contributed by atoms with Gasteiger partial charge in [0, 0.05) is 60.7 Å². The van der Waals surface area contributed by atoms with Crippen molar-refractivity contribution in [3.05, 3.63) is 138 Å². The van der Waals surface area contributed by atoms with Crippen LogP contribution in [-0.4, -0.2) is 79.7 Å². The van der Waals surface area contributed by atoms with E-state index in [-0.39, 0.29) is 62.4 Å². The van der Waals surface area contributed by atoms with Crippen LogP contribution in [-0.2, 0) is 26.4 Å². The standard InChI is InChI=1S/C50H52ClF2N9O6S/c1-26-20-33(21-27(2)42(26)52)62-44(60-18-17-59(48(60)65)37-12-13-39(41(51)43(37)53)69(66,54-7)34-9-10-34)40-29(4)58(16-14-35(40)56-62)45(63)38-23-32-22-30(31-15-19-67-49(5,6)25-31)8-11-36(32)61(38)50(24-28(50)3)46-55-47(64)68-57-46/h8,11-13,17-18,20-23,28-29,31,34H,9-10,14-16,19,24-25H2,1-7H3,(H,55,57,64)/t28-,29-,31-,50-,69+/m0/s1. The van der Waals surface area contributed by atoms with Crippen LogP contribution < -0.4 is 11.4 Å². The van der Waals surface area contributed by atoms with Crippen LogP contribution in [0.4, 0.5) is 8.78 Å². The molecule has 1 amide bonds. The maximum absolute atomic E-state index is 16.4. The van der Waals surface area contributed by atoms with Gasteiger partial charge in [-0.1, -0.05) is 29.7 Å². The SMILES string of the molecule is CN=[S@](=O)(c1ccc(-n2ccn(-c3c4c(nn3-c3cc(C)c(F)c(C)c3)CCN(C(=O)c3cc5cc([C@H]6CCOC(C)(C)C6)ccc5n3[C@@]3(c5noc(=O)[nH]5)C[C@@H]3C)[C@H]4C)c2=O)c(F)c1Cl)C1CC1. The summed E-state index contributed by atoms with van der Waals surface area (Å²) in [5, 5.41) is 9.49. The van der Waals surface area contributed by atoms with Crippen LogP contribution in [0.2, 0.25) is 5.02 Å². The number of hydrogen-bond donors (Lipinski definition) is 1. The molecule has 2 aliphatic heterocycles. The topological polar surface area (TPSA) is 168 Å². The Morgan fingerprint density at radius 1 is 0.971 bits per heavy atom. The third kappa shape index (κ3) is 7.01. The molecule has 3 fully saturated rings. The molecular weight excluding hydrogens is 928 g/mol. The molecule has 0 bridgehead atoms. The van der Waals surface area contributed by atoms with E-state index < -0.39 is 38.6 Å². The minimum absolute atomic E-state index is 0.0232. The summed E-state index contributed by atoms with van der Waals surface area (Å²) in [6, 6.07) is 13.7. The second-order valence-electron chi connectivity index (χ2n) is 19.9. The van der Waals surface area contributed by atoms with Gasteiger partial charge < -0.3 is 14.2 Å². The number of nitrogens with one attached hydrogen (secondary N) is 1. The molecule has 6 heterocycles. The van der Waals surface area contributed by atoms with E-state index in [4.69, 9.17) is 26.0 Å². The Kier molecular flexibility index (Phi) is 10.5. The van der Waals surface area contributed by atoms with Crippen LogP contribution in [0.3, 0.4) is 0 Å². The van der Waals surface area contributed by atoms with E-state index in [1.807, 2.05) is 30.5 Å². The Morgan fingerprint density at radius 3 is 2.35 bits per heavy atom. The van der Waals surface area contributed by atoms with E-state index in [1.165, 1.54) is 36.1 Å². The first-order chi connectivity index (χ1) is 32.9. The summed E-state index contributed by atoms with van der Waals surface area (Å²) in [5.41, 5.74) is 2.74. The molecule has 2 saturated carbocycles. The molecule has 19 heteroatoms. The predicted molar refractivity (Wildman–Crippen MR) is 256 cm³/mol. The summed E-state index contributed by atoms with van der Waals surface area (Å²) >= 11 is 6.62. The summed E-state index contributed by atoms with van der Waals surface area (Å²) in [4.78, 5) is 47.5. The lowest BCUT2D eigenvalue weighted by Gasteiger charge is -2.35. The molecule has 0 spiro atoms. The van der Waals surface area contributed by atoms with Crippen LogP contribution in [0.1, 0.15) is 116 Å². The average molecular weight is 981 g/mol. The summed E-state index contributed by atoms with van der Waals surface area (Å²) in [6.07, 6.45) is 6.89. The predicted octanol–water partition coefficient (Wildman–Crippen LogP) is 8.83. The van der Waals surface area contributed by atoms with Gasteiger partial charge in [0.15, 0.2) is 11.6 Å². The zero-order valence-electron chi connectivity index (χ0n) is 39.3. The number of fused-ring (bicyclic) bond motifs is 2. The van der Waals surface area contributed by atoms with Gasteiger partial charge in [-0.25, -0.2) is 31.6 Å². The molecule has 2 aliphatic carbocycles. The van der Waals surface area contributed by atoms with Crippen molar-refractivity contribution in [2.24, 2.45) is 10.3 Å². The Labute approximate surface area is 401 Å². The number of rotatable bonds is 9. The summed E-state index contributed by atoms with van der Waals surface area (Å²) < 4.78 is 66.7. The van der Waals surface area contributed by atoms with Crippen molar-refractivity contribution in [3.63, 3.8) is 0 Å². The smallest absolute Gasteiger partial charge is 0.376 e. The first kappa shape index (κ1) is 45.3. The fourth-order valence-electron chi connectivity index (χ4n) is 11.2. The van der Waals surface area contributed by atoms with Crippen LogP contribution in [0, 0.1) is 31.4 Å². The van der Waals surface area contributed by atoms with Crippen molar-refractivity contribution in [2.75, 3.05) is 20.2 Å². The van der Waals surface area contributed by atoms with Crippen molar-refractivity contribution in [3.8, 4) is 17.2 Å². The lowest BCUT2D eigenvalue weighted by atomic mass is 9.83. The van der Waals surface area contributed by atoms with Crippen LogP contribution in [0.5, 0.6) is 0 Å². The van der Waals surface area contributed by atoms with Gasteiger partial charge in [-0.2, -0.15) is 5.10 Å². The zero-order valence-corrected chi connectivity index (χ0v) is 40.9. The van der Waals surface area contributed by atoms with Gasteiger partial charge in [0.1, 0.15) is 22.9 Å². The number of imidazole rings is 1. The number of aryl methyl sites for hydroxylation is 2. The lowest BCUT2D eigenvalue weighted by Crippen LogP contribution is -2.41. The number of halogens is 3. The number of carbonyl (C=O) groups is 1. The van der Waals surface area contributed by atoms with E-state index in [0.717, 1.165) is 33.9 Å². The summed E-state index contributed by atoms with van der Waals surface area (Å²) in [6.45, 7) is 12.3. The fraction of sp³-hybridized carbons (Fsp3) is 0.420. The highest BCUT2D eigenvalue weighted by Gasteiger charge is 2.59. The molecule has 360 valence electrons. The van der Waals surface area contributed by atoms with Gasteiger partial charge in [-0.3, -0.25) is 23.4 Å². The van der Waals surface area contributed by atoms with Crippen molar-refractivity contribution in [1.29, 1.82) is 0 Å². The molecule has 5 atom stereocenters. The highest BCUT2D eigenvalue weighted by molar-refractivity contribution is 7.94. The number of aromatic amines is 1. The van der Waals surface area contributed by atoms with Gasteiger partial charge in [0.2, 0.25) is 0 Å². The van der Waals surface area contributed by atoms with Crippen molar-refractivity contribution < 1.29 is 27.0 Å².